The van der Waals surface area contributed by atoms with Crippen molar-refractivity contribution in [3.63, 3.8) is 0 Å². The third-order valence-electron chi connectivity index (χ3n) is 3.73. The van der Waals surface area contributed by atoms with E-state index in [4.69, 9.17) is 14.2 Å². The predicted molar refractivity (Wildman–Crippen MR) is 87.6 cm³/mol. The van der Waals surface area contributed by atoms with Crippen molar-refractivity contribution in [2.45, 2.75) is 32.4 Å². The lowest BCUT2D eigenvalue weighted by atomic mass is 10.2. The van der Waals surface area contributed by atoms with Gasteiger partial charge in [-0.25, -0.2) is 4.79 Å². The van der Waals surface area contributed by atoms with E-state index < -0.39 is 12.0 Å². The van der Waals surface area contributed by atoms with Gasteiger partial charge in [0.25, 0.3) is 0 Å². The van der Waals surface area contributed by atoms with E-state index in [9.17, 15) is 14.4 Å². The fraction of sp³-hybridized carbons (Fsp3) is 0.438. The molecule has 1 heterocycles. The van der Waals surface area contributed by atoms with Crippen molar-refractivity contribution in [3.05, 3.63) is 22.2 Å². The van der Waals surface area contributed by atoms with Gasteiger partial charge in [0.2, 0.25) is 11.8 Å². The second-order valence-corrected chi connectivity index (χ2v) is 6.04. The van der Waals surface area contributed by atoms with Gasteiger partial charge in [-0.3, -0.25) is 14.5 Å². The number of likely N-dealkylation sites (tertiary alicyclic amines) is 1. The zero-order valence-electron chi connectivity index (χ0n) is 13.6. The minimum absolute atomic E-state index is 0.0481. The van der Waals surface area contributed by atoms with E-state index in [2.05, 4.69) is 15.9 Å². The van der Waals surface area contributed by atoms with Gasteiger partial charge in [-0.2, -0.15) is 0 Å². The second kappa shape index (κ2) is 7.65. The average molecular weight is 400 g/mol. The van der Waals surface area contributed by atoms with Crippen LogP contribution in [0.25, 0.3) is 0 Å². The molecule has 24 heavy (non-hydrogen) atoms. The Hall–Kier alpha value is -2.09. The van der Waals surface area contributed by atoms with Gasteiger partial charge < -0.3 is 14.2 Å². The van der Waals surface area contributed by atoms with Crippen LogP contribution >= 0.6 is 15.9 Å². The topological polar surface area (TPSA) is 82.1 Å². The molecular weight excluding hydrogens is 382 g/mol. The number of nitrogens with zero attached hydrogens (tertiary/aromatic N) is 1. The summed E-state index contributed by atoms with van der Waals surface area (Å²) in [7, 11) is 3.03. The quantitative estimate of drug-likeness (QED) is 0.537. The van der Waals surface area contributed by atoms with E-state index in [0.29, 0.717) is 21.5 Å². The first-order valence-electron chi connectivity index (χ1n) is 7.31. The van der Waals surface area contributed by atoms with Gasteiger partial charge in [0.15, 0.2) is 0 Å². The number of amides is 2. The molecule has 8 heteroatoms. The molecule has 0 radical (unpaired) electrons. The number of esters is 1. The van der Waals surface area contributed by atoms with Crippen LogP contribution in [0.1, 0.15) is 25.3 Å². The van der Waals surface area contributed by atoms with Crippen molar-refractivity contribution in [2.75, 3.05) is 14.2 Å². The molecule has 130 valence electrons. The maximum absolute atomic E-state index is 12.2. The summed E-state index contributed by atoms with van der Waals surface area (Å²) in [4.78, 5) is 36.5. The van der Waals surface area contributed by atoms with E-state index in [1.54, 1.807) is 12.1 Å². The molecule has 0 saturated carbocycles. The molecule has 1 atom stereocenters. The largest absolute Gasteiger partial charge is 0.497 e. The van der Waals surface area contributed by atoms with Gasteiger partial charge in [0.1, 0.15) is 24.1 Å². The molecule has 1 saturated heterocycles. The smallest absolute Gasteiger partial charge is 0.329 e. The maximum atomic E-state index is 12.2. The molecule has 0 N–H and O–H groups in total. The number of carbonyl (C=O) groups excluding carboxylic acids is 3. The van der Waals surface area contributed by atoms with Crippen LogP contribution in [0, 0.1) is 0 Å². The summed E-state index contributed by atoms with van der Waals surface area (Å²) in [6, 6.07) is 2.45. The zero-order valence-corrected chi connectivity index (χ0v) is 15.2. The number of benzene rings is 1. The SMILES string of the molecule is COc1cc(COC(=O)C(C)N2C(=O)CCC2=O)c(Br)c(OC)c1. The maximum Gasteiger partial charge on any atom is 0.329 e. The normalized spacial score (nSPS) is 15.4. The van der Waals surface area contributed by atoms with E-state index >= 15 is 0 Å². The monoisotopic (exact) mass is 399 g/mol. The highest BCUT2D eigenvalue weighted by Crippen LogP contribution is 2.33. The molecule has 1 aliphatic heterocycles. The van der Waals surface area contributed by atoms with Crippen molar-refractivity contribution >= 4 is 33.7 Å². The lowest BCUT2D eigenvalue weighted by Crippen LogP contribution is -2.43. The molecule has 0 aliphatic carbocycles. The molecular formula is C16H18BrNO6. The van der Waals surface area contributed by atoms with Gasteiger partial charge in [-0.05, 0) is 28.9 Å². The number of hydrogen-bond donors (Lipinski definition) is 0. The summed E-state index contributed by atoms with van der Waals surface area (Å²) in [5, 5.41) is 0. The summed E-state index contributed by atoms with van der Waals surface area (Å²) in [6.45, 7) is 1.43. The highest BCUT2D eigenvalue weighted by atomic mass is 79.9. The Labute approximate surface area is 148 Å². The lowest BCUT2D eigenvalue weighted by Gasteiger charge is -2.21. The molecule has 1 aliphatic rings. The van der Waals surface area contributed by atoms with Crippen LogP contribution in [-0.2, 0) is 25.7 Å². The van der Waals surface area contributed by atoms with Crippen molar-refractivity contribution in [1.82, 2.24) is 4.90 Å². The first-order valence-corrected chi connectivity index (χ1v) is 8.10. The molecule has 7 nitrogen and oxygen atoms in total. The molecule has 1 aromatic rings. The Bertz CT molecular complexity index is 659. The minimum atomic E-state index is -0.946. The Morgan fingerprint density at radius 3 is 2.38 bits per heavy atom. The van der Waals surface area contributed by atoms with Crippen molar-refractivity contribution in [1.29, 1.82) is 0 Å². The van der Waals surface area contributed by atoms with Crippen molar-refractivity contribution in [2.24, 2.45) is 0 Å². The first-order chi connectivity index (χ1) is 11.4. The number of ether oxygens (including phenoxy) is 3. The van der Waals surface area contributed by atoms with Gasteiger partial charge in [0.05, 0.1) is 18.7 Å². The molecule has 1 unspecified atom stereocenters. The first kappa shape index (κ1) is 18.3. The number of rotatable bonds is 6. The van der Waals surface area contributed by atoms with E-state index in [-0.39, 0.29) is 31.3 Å². The van der Waals surface area contributed by atoms with Crippen LogP contribution in [0.2, 0.25) is 0 Å². The third kappa shape index (κ3) is 3.69. The Balaban J connectivity index is 2.09. The van der Waals surface area contributed by atoms with Gasteiger partial charge in [-0.15, -0.1) is 0 Å². The van der Waals surface area contributed by atoms with E-state index in [0.717, 1.165) is 4.90 Å². The van der Waals surface area contributed by atoms with Crippen LogP contribution in [0.15, 0.2) is 16.6 Å². The average Bonchev–Trinajstić information content (AvgIpc) is 2.91. The molecule has 2 amide bonds. The Morgan fingerprint density at radius 1 is 1.21 bits per heavy atom. The van der Waals surface area contributed by atoms with E-state index in [1.165, 1.54) is 21.1 Å². The third-order valence-corrected chi connectivity index (χ3v) is 4.63. The lowest BCUT2D eigenvalue weighted by molar-refractivity contribution is -0.158. The number of methoxy groups -OCH3 is 2. The molecule has 2 rings (SSSR count). The Morgan fingerprint density at radius 2 is 1.83 bits per heavy atom. The van der Waals surface area contributed by atoms with Crippen LogP contribution in [0.5, 0.6) is 11.5 Å². The zero-order chi connectivity index (χ0) is 17.9. The van der Waals surface area contributed by atoms with Crippen LogP contribution in [-0.4, -0.2) is 42.9 Å². The Kier molecular flexibility index (Phi) is 5.82. The fourth-order valence-corrected chi connectivity index (χ4v) is 2.90. The minimum Gasteiger partial charge on any atom is -0.497 e. The van der Waals surface area contributed by atoms with Gasteiger partial charge >= 0.3 is 5.97 Å². The number of hydrogen-bond acceptors (Lipinski definition) is 6. The number of halogens is 1. The van der Waals surface area contributed by atoms with Crippen molar-refractivity contribution < 1.29 is 28.6 Å². The van der Waals surface area contributed by atoms with Crippen molar-refractivity contribution in [3.8, 4) is 11.5 Å². The van der Waals surface area contributed by atoms with Gasteiger partial charge in [-0.1, -0.05) is 0 Å². The highest BCUT2D eigenvalue weighted by Gasteiger charge is 2.36. The summed E-state index contributed by atoms with van der Waals surface area (Å²) < 4.78 is 16.3. The van der Waals surface area contributed by atoms with Crippen LogP contribution in [0.4, 0.5) is 0 Å². The molecule has 0 bridgehead atoms. The second-order valence-electron chi connectivity index (χ2n) is 5.24. The molecule has 0 aromatic heterocycles. The predicted octanol–water partition coefficient (Wildman–Crippen LogP) is 2.05. The van der Waals surface area contributed by atoms with Gasteiger partial charge in [0, 0.05) is 24.5 Å². The summed E-state index contributed by atoms with van der Waals surface area (Å²) in [6.07, 6.45) is 0.268. The molecule has 1 aromatic carbocycles. The number of imide groups is 1. The molecule has 0 spiro atoms. The fourth-order valence-electron chi connectivity index (χ4n) is 2.40. The highest BCUT2D eigenvalue weighted by molar-refractivity contribution is 9.10. The number of carbonyl (C=O) groups is 3. The summed E-state index contributed by atoms with van der Waals surface area (Å²) in [5.74, 6) is -0.257. The van der Waals surface area contributed by atoms with Crippen LogP contribution in [0.3, 0.4) is 0 Å². The summed E-state index contributed by atoms with van der Waals surface area (Å²) >= 11 is 3.39. The summed E-state index contributed by atoms with van der Waals surface area (Å²) in [5.41, 5.74) is 0.644. The standard InChI is InChI=1S/C16H18BrNO6/c1-9(18-13(19)4-5-14(18)20)16(21)24-8-10-6-11(22-2)7-12(23-3)15(10)17/h6-7,9H,4-5,8H2,1-3H3. The van der Waals surface area contributed by atoms with Crippen LogP contribution < -0.4 is 9.47 Å². The van der Waals surface area contributed by atoms with E-state index in [1.807, 2.05) is 0 Å². The molecule has 1 fully saturated rings.